The van der Waals surface area contributed by atoms with Crippen molar-refractivity contribution in [2.75, 3.05) is 0 Å². The van der Waals surface area contributed by atoms with Crippen molar-refractivity contribution in [1.29, 1.82) is 0 Å². The molecule has 0 amide bonds. The van der Waals surface area contributed by atoms with Gasteiger partial charge in [0.2, 0.25) is 0 Å². The Labute approximate surface area is 172 Å². The predicted molar refractivity (Wildman–Crippen MR) is 131 cm³/mol. The van der Waals surface area contributed by atoms with E-state index in [2.05, 4.69) is 101 Å². The third kappa shape index (κ3) is 6.85. The molecule has 0 aromatic heterocycles. The summed E-state index contributed by atoms with van der Waals surface area (Å²) in [5.74, 6) is 0. The molecule has 0 heteroatoms. The number of allylic oxidation sites excluding steroid dienone is 1. The Hall–Kier alpha value is -2.60. The fourth-order valence-corrected chi connectivity index (χ4v) is 2.96. The van der Waals surface area contributed by atoms with Crippen molar-refractivity contribution in [1.82, 2.24) is 0 Å². The Morgan fingerprint density at radius 1 is 0.643 bits per heavy atom. The molecule has 0 fully saturated rings. The van der Waals surface area contributed by atoms with Gasteiger partial charge in [-0.1, -0.05) is 106 Å². The first-order chi connectivity index (χ1) is 13.5. The molecule has 0 bridgehead atoms. The number of hydrogen-bond acceptors (Lipinski definition) is 0. The van der Waals surface area contributed by atoms with Crippen LogP contribution in [0.3, 0.4) is 0 Å². The van der Waals surface area contributed by atoms with Gasteiger partial charge in [0.15, 0.2) is 0 Å². The topological polar surface area (TPSA) is 0 Å². The monoisotopic (exact) mass is 372 g/mol. The summed E-state index contributed by atoms with van der Waals surface area (Å²) >= 11 is 0. The Morgan fingerprint density at radius 3 is 1.79 bits per heavy atom. The summed E-state index contributed by atoms with van der Waals surface area (Å²) in [4.78, 5) is 0. The zero-order valence-electron chi connectivity index (χ0n) is 18.9. The second-order valence-corrected chi connectivity index (χ2v) is 6.78. The Morgan fingerprint density at radius 2 is 1.18 bits per heavy atom. The minimum Gasteiger partial charge on any atom is -0.0758 e. The van der Waals surface area contributed by atoms with Crippen LogP contribution in [0.4, 0.5) is 0 Å². The first-order valence-electron chi connectivity index (χ1n) is 10.5. The van der Waals surface area contributed by atoms with Gasteiger partial charge in [-0.2, -0.15) is 0 Å². The van der Waals surface area contributed by atoms with E-state index in [1.54, 1.807) is 0 Å². The van der Waals surface area contributed by atoms with E-state index in [4.69, 9.17) is 0 Å². The molecule has 3 aromatic rings. The van der Waals surface area contributed by atoms with Crippen molar-refractivity contribution >= 4 is 29.0 Å². The van der Waals surface area contributed by atoms with E-state index < -0.39 is 0 Å². The standard InChI is InChI=1S/C24H24.2C2H6/c1-17(2)13-22-11-8-20(15-19(22)4)6-7-21-9-12-23-14-18(3)5-10-24(23)16-21;2*1-2/h5-16H,1-4H3;2*1-2H3. The van der Waals surface area contributed by atoms with Gasteiger partial charge >= 0.3 is 0 Å². The summed E-state index contributed by atoms with van der Waals surface area (Å²) < 4.78 is 0. The summed E-state index contributed by atoms with van der Waals surface area (Å²) in [6.45, 7) is 16.6. The van der Waals surface area contributed by atoms with Gasteiger partial charge in [-0.25, -0.2) is 0 Å². The minimum atomic E-state index is 1.23. The highest BCUT2D eigenvalue weighted by Crippen LogP contribution is 2.20. The Bertz CT molecular complexity index is 935. The van der Waals surface area contributed by atoms with Crippen molar-refractivity contribution in [3.05, 3.63) is 88.0 Å². The van der Waals surface area contributed by atoms with Crippen molar-refractivity contribution in [2.24, 2.45) is 0 Å². The van der Waals surface area contributed by atoms with E-state index in [9.17, 15) is 0 Å². The molecule has 0 spiro atoms. The van der Waals surface area contributed by atoms with Crippen LogP contribution in [0.1, 0.15) is 69.4 Å². The first kappa shape index (κ1) is 23.4. The van der Waals surface area contributed by atoms with Gasteiger partial charge in [0.25, 0.3) is 0 Å². The lowest BCUT2D eigenvalue weighted by Crippen LogP contribution is -1.83. The molecule has 0 atom stereocenters. The third-order valence-electron chi connectivity index (χ3n) is 4.23. The van der Waals surface area contributed by atoms with Crippen LogP contribution in [-0.2, 0) is 0 Å². The maximum absolute atomic E-state index is 2.25. The largest absolute Gasteiger partial charge is 0.0758 e. The molecule has 0 heterocycles. The van der Waals surface area contributed by atoms with Crippen molar-refractivity contribution in [3.63, 3.8) is 0 Å². The van der Waals surface area contributed by atoms with E-state index in [0.29, 0.717) is 0 Å². The maximum atomic E-state index is 2.25. The highest BCUT2D eigenvalue weighted by Gasteiger charge is 1.98. The molecule has 28 heavy (non-hydrogen) atoms. The van der Waals surface area contributed by atoms with Gasteiger partial charge in [0.1, 0.15) is 0 Å². The summed E-state index contributed by atoms with van der Waals surface area (Å²) in [5, 5.41) is 2.59. The highest BCUT2D eigenvalue weighted by molar-refractivity contribution is 5.86. The average Bonchev–Trinajstić information content (AvgIpc) is 2.71. The molecule has 0 saturated carbocycles. The van der Waals surface area contributed by atoms with Crippen LogP contribution >= 0.6 is 0 Å². The first-order valence-corrected chi connectivity index (χ1v) is 10.5. The lowest BCUT2D eigenvalue weighted by atomic mass is 10.0. The predicted octanol–water partition coefficient (Wildman–Crippen LogP) is 9.10. The molecular formula is C28H36. The van der Waals surface area contributed by atoms with Gasteiger partial charge in [0.05, 0.1) is 0 Å². The second-order valence-electron chi connectivity index (χ2n) is 6.78. The van der Waals surface area contributed by atoms with Gasteiger partial charge in [-0.05, 0) is 66.8 Å². The summed E-state index contributed by atoms with van der Waals surface area (Å²) in [6.07, 6.45) is 6.61. The molecule has 148 valence electrons. The van der Waals surface area contributed by atoms with Crippen LogP contribution in [0.5, 0.6) is 0 Å². The molecule has 0 nitrogen and oxygen atoms in total. The molecule has 3 rings (SSSR count). The zero-order chi connectivity index (χ0) is 21.1. The van der Waals surface area contributed by atoms with Crippen molar-refractivity contribution in [2.45, 2.75) is 55.4 Å². The number of hydrogen-bond donors (Lipinski definition) is 0. The average molecular weight is 373 g/mol. The van der Waals surface area contributed by atoms with E-state index in [1.807, 2.05) is 27.7 Å². The number of fused-ring (bicyclic) bond motifs is 1. The van der Waals surface area contributed by atoms with Crippen LogP contribution in [0.15, 0.2) is 60.2 Å². The van der Waals surface area contributed by atoms with Crippen molar-refractivity contribution < 1.29 is 0 Å². The molecule has 0 radical (unpaired) electrons. The lowest BCUT2D eigenvalue weighted by Gasteiger charge is -2.04. The van der Waals surface area contributed by atoms with Crippen LogP contribution in [0, 0.1) is 13.8 Å². The zero-order valence-corrected chi connectivity index (χ0v) is 18.9. The lowest BCUT2D eigenvalue weighted by molar-refractivity contribution is 1.38. The van der Waals surface area contributed by atoms with Crippen molar-refractivity contribution in [3.8, 4) is 0 Å². The smallest absolute Gasteiger partial charge is 0.0178 e. The summed E-state index contributed by atoms with van der Waals surface area (Å²) in [6, 6.07) is 19.8. The number of aryl methyl sites for hydroxylation is 2. The van der Waals surface area contributed by atoms with Crippen LogP contribution in [0.2, 0.25) is 0 Å². The fraction of sp³-hybridized carbons (Fsp3) is 0.286. The van der Waals surface area contributed by atoms with E-state index in [-0.39, 0.29) is 0 Å². The summed E-state index contributed by atoms with van der Waals surface area (Å²) in [7, 11) is 0. The Kier molecular flexibility index (Phi) is 10.0. The van der Waals surface area contributed by atoms with E-state index in [1.165, 1.54) is 44.2 Å². The number of benzene rings is 3. The van der Waals surface area contributed by atoms with Gasteiger partial charge in [0, 0.05) is 0 Å². The maximum Gasteiger partial charge on any atom is -0.0178 e. The summed E-state index contributed by atoms with van der Waals surface area (Å²) in [5.41, 5.74) is 7.71. The van der Waals surface area contributed by atoms with Gasteiger partial charge in [-0.3, -0.25) is 0 Å². The molecule has 0 unspecified atom stereocenters. The normalized spacial score (nSPS) is 10.0. The molecule has 0 aliphatic rings. The molecule has 0 aliphatic heterocycles. The second kappa shape index (κ2) is 12.0. The Balaban J connectivity index is 0.000000921. The van der Waals surface area contributed by atoms with Crippen LogP contribution in [0.25, 0.3) is 29.0 Å². The quantitative estimate of drug-likeness (QED) is 0.402. The molecule has 0 aliphatic carbocycles. The SMILES string of the molecule is CC.CC.CC(C)=Cc1ccc(C=Cc2ccc3cc(C)ccc3c2)cc1C. The van der Waals surface area contributed by atoms with Gasteiger partial charge < -0.3 is 0 Å². The number of rotatable bonds is 3. The van der Waals surface area contributed by atoms with E-state index >= 15 is 0 Å². The third-order valence-corrected chi connectivity index (χ3v) is 4.23. The highest BCUT2D eigenvalue weighted by atomic mass is 14.0. The van der Waals surface area contributed by atoms with Crippen LogP contribution in [-0.4, -0.2) is 0 Å². The molecular weight excluding hydrogens is 336 g/mol. The fourth-order valence-electron chi connectivity index (χ4n) is 2.96. The van der Waals surface area contributed by atoms with Gasteiger partial charge in [-0.15, -0.1) is 0 Å². The molecule has 0 N–H and O–H groups in total. The molecule has 0 saturated heterocycles. The van der Waals surface area contributed by atoms with E-state index in [0.717, 1.165) is 0 Å². The molecule has 3 aromatic carbocycles. The minimum absolute atomic E-state index is 1.23. The van der Waals surface area contributed by atoms with Crippen LogP contribution < -0.4 is 0 Å².